The third-order valence-corrected chi connectivity index (χ3v) is 5.28. The van der Waals surface area contributed by atoms with Crippen LogP contribution in [0.1, 0.15) is 39.0 Å². The topological polar surface area (TPSA) is 53.8 Å². The minimum atomic E-state index is -0.720. The van der Waals surface area contributed by atoms with E-state index in [0.717, 1.165) is 5.56 Å². The van der Waals surface area contributed by atoms with Crippen molar-refractivity contribution in [1.29, 1.82) is 0 Å². The van der Waals surface area contributed by atoms with Gasteiger partial charge < -0.3 is 14.2 Å². The maximum absolute atomic E-state index is 13.2. The van der Waals surface area contributed by atoms with Crippen molar-refractivity contribution < 1.29 is 14.0 Å². The maximum Gasteiger partial charge on any atom is 0.242 e. The standard InChI is InChI=1S/C23H31ClN2O3/c1-18(2)13-26(22(28)23(3,4)17-24)16-21(27)25(15-20-11-8-12-29-20)14-19-9-6-5-7-10-19/h5-12,18H,13-17H2,1-4H3. The monoisotopic (exact) mass is 418 g/mol. The molecule has 0 bridgehead atoms. The van der Waals surface area contributed by atoms with E-state index in [1.54, 1.807) is 22.1 Å². The normalized spacial score (nSPS) is 11.5. The van der Waals surface area contributed by atoms with E-state index in [1.165, 1.54) is 0 Å². The Morgan fingerprint density at radius 1 is 1.03 bits per heavy atom. The van der Waals surface area contributed by atoms with E-state index in [2.05, 4.69) is 0 Å². The number of carbonyl (C=O) groups excluding carboxylic acids is 2. The van der Waals surface area contributed by atoms with Crippen LogP contribution < -0.4 is 0 Å². The van der Waals surface area contributed by atoms with Crippen LogP contribution in [0.4, 0.5) is 0 Å². The molecule has 0 aliphatic rings. The van der Waals surface area contributed by atoms with Gasteiger partial charge in [0.1, 0.15) is 5.76 Å². The lowest BCUT2D eigenvalue weighted by atomic mass is 9.93. The van der Waals surface area contributed by atoms with E-state index >= 15 is 0 Å². The number of nitrogens with zero attached hydrogens (tertiary/aromatic N) is 2. The Balaban J connectivity index is 2.21. The molecule has 0 saturated heterocycles. The molecule has 0 N–H and O–H groups in total. The minimum absolute atomic E-state index is 0.0187. The predicted molar refractivity (Wildman–Crippen MR) is 115 cm³/mol. The van der Waals surface area contributed by atoms with Crippen molar-refractivity contribution in [1.82, 2.24) is 9.80 Å². The van der Waals surface area contributed by atoms with Gasteiger partial charge in [0, 0.05) is 19.0 Å². The van der Waals surface area contributed by atoms with Gasteiger partial charge in [0.2, 0.25) is 11.8 Å². The third kappa shape index (κ3) is 6.93. The maximum atomic E-state index is 13.2. The van der Waals surface area contributed by atoms with Gasteiger partial charge in [0.05, 0.1) is 24.8 Å². The first-order valence-electron chi connectivity index (χ1n) is 9.92. The lowest BCUT2D eigenvalue weighted by molar-refractivity contribution is -0.146. The second kappa shape index (κ2) is 10.5. The number of halogens is 1. The van der Waals surface area contributed by atoms with E-state index in [-0.39, 0.29) is 30.2 Å². The molecule has 0 unspecified atom stereocenters. The van der Waals surface area contributed by atoms with Crippen LogP contribution in [0.15, 0.2) is 53.1 Å². The summed E-state index contributed by atoms with van der Waals surface area (Å²) in [5, 5.41) is 0. The van der Waals surface area contributed by atoms with E-state index in [9.17, 15) is 9.59 Å². The molecule has 0 aliphatic heterocycles. The van der Waals surface area contributed by atoms with Gasteiger partial charge in [0.15, 0.2) is 0 Å². The Morgan fingerprint density at radius 2 is 1.72 bits per heavy atom. The second-order valence-corrected chi connectivity index (χ2v) is 8.68. The molecule has 2 amide bonds. The van der Waals surface area contributed by atoms with Crippen LogP contribution in [0.25, 0.3) is 0 Å². The molecule has 6 heteroatoms. The lowest BCUT2D eigenvalue weighted by Gasteiger charge is -2.33. The van der Waals surface area contributed by atoms with Gasteiger partial charge >= 0.3 is 0 Å². The van der Waals surface area contributed by atoms with Crippen molar-refractivity contribution in [2.45, 2.75) is 40.8 Å². The molecule has 0 fully saturated rings. The molecule has 5 nitrogen and oxygen atoms in total. The fourth-order valence-corrected chi connectivity index (χ4v) is 3.15. The summed E-state index contributed by atoms with van der Waals surface area (Å²) in [5.41, 5.74) is 0.303. The number of hydrogen-bond acceptors (Lipinski definition) is 3. The number of amides is 2. The highest BCUT2D eigenvalue weighted by Gasteiger charge is 2.33. The number of benzene rings is 1. The van der Waals surface area contributed by atoms with Gasteiger partial charge in [-0.05, 0) is 37.5 Å². The van der Waals surface area contributed by atoms with Crippen LogP contribution in [0.3, 0.4) is 0 Å². The highest BCUT2D eigenvalue weighted by atomic mass is 35.5. The van der Waals surface area contributed by atoms with Gasteiger partial charge in [-0.25, -0.2) is 0 Å². The molecule has 0 atom stereocenters. The molecule has 1 aromatic heterocycles. The van der Waals surface area contributed by atoms with Crippen LogP contribution in [-0.4, -0.2) is 40.6 Å². The van der Waals surface area contributed by atoms with Crippen LogP contribution in [-0.2, 0) is 22.7 Å². The Bertz CT molecular complexity index is 773. The molecule has 158 valence electrons. The van der Waals surface area contributed by atoms with Crippen LogP contribution in [0.2, 0.25) is 0 Å². The van der Waals surface area contributed by atoms with E-state index in [4.69, 9.17) is 16.0 Å². The van der Waals surface area contributed by atoms with Crippen molar-refractivity contribution in [3.8, 4) is 0 Å². The van der Waals surface area contributed by atoms with Crippen molar-refractivity contribution >= 4 is 23.4 Å². The number of alkyl halides is 1. The first kappa shape index (κ1) is 23.0. The van der Waals surface area contributed by atoms with Crippen molar-refractivity contribution in [3.05, 3.63) is 60.1 Å². The van der Waals surface area contributed by atoms with Crippen LogP contribution in [0, 0.1) is 11.3 Å². The Morgan fingerprint density at radius 3 is 2.28 bits per heavy atom. The Labute approximate surface area is 178 Å². The lowest BCUT2D eigenvalue weighted by Crippen LogP contribution is -2.48. The zero-order valence-electron chi connectivity index (χ0n) is 17.7. The average molecular weight is 419 g/mol. The van der Waals surface area contributed by atoms with Gasteiger partial charge in [-0.3, -0.25) is 9.59 Å². The molecular weight excluding hydrogens is 388 g/mol. The first-order chi connectivity index (χ1) is 13.7. The van der Waals surface area contributed by atoms with Crippen molar-refractivity contribution in [2.24, 2.45) is 11.3 Å². The molecule has 2 aromatic rings. The first-order valence-corrected chi connectivity index (χ1v) is 10.5. The summed E-state index contributed by atoms with van der Waals surface area (Å²) in [6.07, 6.45) is 1.60. The zero-order chi connectivity index (χ0) is 21.4. The highest BCUT2D eigenvalue weighted by Crippen LogP contribution is 2.22. The second-order valence-electron chi connectivity index (χ2n) is 8.41. The highest BCUT2D eigenvalue weighted by molar-refractivity contribution is 6.19. The summed E-state index contributed by atoms with van der Waals surface area (Å²) in [7, 11) is 0. The van der Waals surface area contributed by atoms with E-state index < -0.39 is 5.41 Å². The quantitative estimate of drug-likeness (QED) is 0.531. The summed E-state index contributed by atoms with van der Waals surface area (Å²) in [5.74, 6) is 0.925. The van der Waals surface area contributed by atoms with Gasteiger partial charge in [-0.15, -0.1) is 11.6 Å². The largest absolute Gasteiger partial charge is 0.467 e. The molecule has 0 aliphatic carbocycles. The molecular formula is C23H31ClN2O3. The van der Waals surface area contributed by atoms with Gasteiger partial charge in [0.25, 0.3) is 0 Å². The fourth-order valence-electron chi connectivity index (χ4n) is 3.04. The average Bonchev–Trinajstić information content (AvgIpc) is 3.20. The molecule has 1 heterocycles. The summed E-state index contributed by atoms with van der Waals surface area (Å²) in [6, 6.07) is 13.5. The third-order valence-electron chi connectivity index (χ3n) is 4.61. The molecule has 29 heavy (non-hydrogen) atoms. The number of furan rings is 1. The summed E-state index contributed by atoms with van der Waals surface area (Å²) >= 11 is 6.01. The summed E-state index contributed by atoms with van der Waals surface area (Å²) < 4.78 is 5.45. The number of hydrogen-bond donors (Lipinski definition) is 0. The number of rotatable bonds is 10. The summed E-state index contributed by atoms with van der Waals surface area (Å²) in [6.45, 7) is 9.00. The molecule has 1 aromatic carbocycles. The predicted octanol–water partition coefficient (Wildman–Crippen LogP) is 4.56. The van der Waals surface area contributed by atoms with Gasteiger partial charge in [-0.1, -0.05) is 44.2 Å². The van der Waals surface area contributed by atoms with Crippen LogP contribution in [0.5, 0.6) is 0 Å². The van der Waals surface area contributed by atoms with Crippen LogP contribution >= 0.6 is 11.6 Å². The van der Waals surface area contributed by atoms with Crippen molar-refractivity contribution in [3.63, 3.8) is 0 Å². The van der Waals surface area contributed by atoms with E-state index in [0.29, 0.717) is 25.4 Å². The summed E-state index contributed by atoms with van der Waals surface area (Å²) in [4.78, 5) is 29.6. The Hall–Kier alpha value is -2.27. The molecule has 2 rings (SSSR count). The SMILES string of the molecule is CC(C)CN(CC(=O)N(Cc1ccccc1)Cc1ccco1)C(=O)C(C)(C)CCl. The fraction of sp³-hybridized carbons (Fsp3) is 0.478. The molecule has 0 spiro atoms. The molecule has 0 radical (unpaired) electrons. The smallest absolute Gasteiger partial charge is 0.242 e. The Kier molecular flexibility index (Phi) is 8.32. The van der Waals surface area contributed by atoms with E-state index in [1.807, 2.05) is 64.1 Å². The minimum Gasteiger partial charge on any atom is -0.467 e. The van der Waals surface area contributed by atoms with Crippen molar-refractivity contribution in [2.75, 3.05) is 19.0 Å². The number of carbonyl (C=O) groups is 2. The molecule has 0 saturated carbocycles. The van der Waals surface area contributed by atoms with Gasteiger partial charge in [-0.2, -0.15) is 0 Å². The zero-order valence-corrected chi connectivity index (χ0v) is 18.5.